The topological polar surface area (TPSA) is 73.7 Å². The van der Waals surface area contributed by atoms with E-state index in [1.54, 1.807) is 17.0 Å². The Morgan fingerprint density at radius 3 is 2.52 bits per heavy atom. The van der Waals surface area contributed by atoms with Gasteiger partial charge in [-0.25, -0.2) is 9.18 Å². The number of rotatable bonds is 6. The Bertz CT molecular complexity index is 1100. The lowest BCUT2D eigenvalue weighted by Gasteiger charge is -2.34. The Morgan fingerprint density at radius 1 is 1.13 bits per heavy atom. The first-order chi connectivity index (χ1) is 15.0. The van der Waals surface area contributed by atoms with E-state index in [4.69, 9.17) is 9.47 Å². The second-order valence-electron chi connectivity index (χ2n) is 7.38. The molecule has 0 N–H and O–H groups in total. The van der Waals surface area contributed by atoms with Crippen LogP contribution in [0.1, 0.15) is 39.0 Å². The molecule has 1 amide bonds. The first-order valence-electron chi connectivity index (χ1n) is 9.89. The van der Waals surface area contributed by atoms with Gasteiger partial charge in [0, 0.05) is 12.6 Å². The van der Waals surface area contributed by atoms with Crippen molar-refractivity contribution >= 4 is 11.9 Å². The zero-order valence-electron chi connectivity index (χ0n) is 17.2. The number of hydrogen-bond acceptors (Lipinski definition) is 5. The zero-order chi connectivity index (χ0) is 22.0. The number of halogens is 1. The first-order valence-corrected chi connectivity index (χ1v) is 9.89. The van der Waals surface area contributed by atoms with E-state index in [2.05, 4.69) is 5.10 Å². The van der Waals surface area contributed by atoms with Gasteiger partial charge in [0.25, 0.3) is 5.91 Å². The Morgan fingerprint density at radius 2 is 1.84 bits per heavy atom. The molecule has 160 valence electrons. The Labute approximate surface area is 179 Å². The van der Waals surface area contributed by atoms with E-state index in [-0.39, 0.29) is 41.5 Å². The molecule has 1 aliphatic heterocycles. The third kappa shape index (κ3) is 4.14. The number of amides is 1. The molecule has 2 aromatic carbocycles. The average molecular weight is 423 g/mol. The van der Waals surface area contributed by atoms with E-state index in [1.165, 1.54) is 23.9 Å². The Hall–Kier alpha value is -3.68. The van der Waals surface area contributed by atoms with Crippen LogP contribution in [0.5, 0.6) is 5.75 Å². The second kappa shape index (κ2) is 8.59. The van der Waals surface area contributed by atoms with Gasteiger partial charge in [-0.3, -0.25) is 9.48 Å². The van der Waals surface area contributed by atoms with Crippen molar-refractivity contribution in [1.82, 2.24) is 14.7 Å². The van der Waals surface area contributed by atoms with E-state index in [0.29, 0.717) is 13.1 Å². The molecule has 7 nitrogen and oxygen atoms in total. The molecule has 1 unspecified atom stereocenters. The van der Waals surface area contributed by atoms with E-state index in [9.17, 15) is 14.0 Å². The van der Waals surface area contributed by atoms with Crippen molar-refractivity contribution in [1.29, 1.82) is 0 Å². The van der Waals surface area contributed by atoms with Crippen LogP contribution in [0.25, 0.3) is 0 Å². The van der Waals surface area contributed by atoms with Gasteiger partial charge in [0.15, 0.2) is 11.4 Å². The normalized spacial score (nSPS) is 15.5. The number of benzene rings is 2. The summed E-state index contributed by atoms with van der Waals surface area (Å²) in [6.07, 6.45) is 0. The molecule has 0 fully saturated rings. The molecular formula is C23H22FN3O4. The minimum absolute atomic E-state index is 0.0300. The summed E-state index contributed by atoms with van der Waals surface area (Å²) in [4.78, 5) is 27.4. The van der Waals surface area contributed by atoms with Gasteiger partial charge in [-0.1, -0.05) is 42.5 Å². The summed E-state index contributed by atoms with van der Waals surface area (Å²) in [6, 6.07) is 15.3. The van der Waals surface area contributed by atoms with Gasteiger partial charge in [-0.05, 0) is 30.2 Å². The molecule has 2 heterocycles. The van der Waals surface area contributed by atoms with Crippen LogP contribution in [0.3, 0.4) is 0 Å². The summed E-state index contributed by atoms with van der Waals surface area (Å²) in [6.45, 7) is 2.76. The zero-order valence-corrected chi connectivity index (χ0v) is 17.2. The maximum atomic E-state index is 13.4. The second-order valence-corrected chi connectivity index (χ2v) is 7.38. The summed E-state index contributed by atoms with van der Waals surface area (Å²) < 4.78 is 25.5. The number of nitrogens with zero attached hydrogens (tertiary/aromatic N) is 3. The van der Waals surface area contributed by atoms with Gasteiger partial charge in [-0.15, -0.1) is 0 Å². The monoisotopic (exact) mass is 423 g/mol. The fourth-order valence-electron chi connectivity index (χ4n) is 3.58. The van der Waals surface area contributed by atoms with Crippen molar-refractivity contribution in [3.8, 4) is 5.75 Å². The SMILES string of the molecule is COC(=O)c1nn2c(c1OCc1ccccc1)C(=O)N(Cc1ccc(F)cc1)C(C)C2. The first kappa shape index (κ1) is 20.6. The largest absolute Gasteiger partial charge is 0.484 e. The lowest BCUT2D eigenvalue weighted by atomic mass is 10.1. The molecule has 1 aliphatic rings. The summed E-state index contributed by atoms with van der Waals surface area (Å²) >= 11 is 0. The van der Waals surface area contributed by atoms with Crippen molar-refractivity contribution < 1.29 is 23.5 Å². The molecule has 0 aliphatic carbocycles. The molecule has 0 bridgehead atoms. The molecule has 3 aromatic rings. The van der Waals surface area contributed by atoms with Gasteiger partial charge in [0.1, 0.15) is 12.4 Å². The molecule has 1 atom stereocenters. The fraction of sp³-hybridized carbons (Fsp3) is 0.261. The third-order valence-corrected chi connectivity index (χ3v) is 5.21. The highest BCUT2D eigenvalue weighted by molar-refractivity contribution is 6.01. The van der Waals surface area contributed by atoms with Crippen LogP contribution in [-0.4, -0.2) is 39.7 Å². The van der Waals surface area contributed by atoms with Crippen molar-refractivity contribution in [2.75, 3.05) is 7.11 Å². The average Bonchev–Trinajstić information content (AvgIpc) is 3.15. The number of esters is 1. The van der Waals surface area contributed by atoms with Crippen molar-refractivity contribution in [2.45, 2.75) is 32.7 Å². The van der Waals surface area contributed by atoms with Gasteiger partial charge >= 0.3 is 5.97 Å². The number of carbonyl (C=O) groups excluding carboxylic acids is 2. The predicted molar refractivity (Wildman–Crippen MR) is 110 cm³/mol. The molecule has 0 saturated carbocycles. The number of fused-ring (bicyclic) bond motifs is 1. The predicted octanol–water partition coefficient (Wildman–Crippen LogP) is 3.43. The summed E-state index contributed by atoms with van der Waals surface area (Å²) in [7, 11) is 1.26. The van der Waals surface area contributed by atoms with Crippen LogP contribution in [0.2, 0.25) is 0 Å². The van der Waals surface area contributed by atoms with Gasteiger partial charge in [-0.2, -0.15) is 5.10 Å². The number of ether oxygens (including phenoxy) is 2. The Balaban J connectivity index is 1.67. The van der Waals surface area contributed by atoms with E-state index >= 15 is 0 Å². The van der Waals surface area contributed by atoms with Crippen LogP contribution < -0.4 is 4.74 Å². The molecular weight excluding hydrogens is 401 g/mol. The minimum atomic E-state index is -0.671. The highest BCUT2D eigenvalue weighted by Crippen LogP contribution is 2.31. The number of methoxy groups -OCH3 is 1. The lowest BCUT2D eigenvalue weighted by Crippen LogP contribution is -2.46. The van der Waals surface area contributed by atoms with Crippen LogP contribution in [0.4, 0.5) is 4.39 Å². The van der Waals surface area contributed by atoms with Crippen molar-refractivity contribution in [3.63, 3.8) is 0 Å². The van der Waals surface area contributed by atoms with Crippen molar-refractivity contribution in [3.05, 3.63) is 82.9 Å². The molecule has 0 spiro atoms. The molecule has 0 radical (unpaired) electrons. The number of aromatic nitrogens is 2. The summed E-state index contributed by atoms with van der Waals surface area (Å²) in [5, 5.41) is 4.31. The van der Waals surface area contributed by atoms with Crippen LogP contribution in [-0.2, 0) is 24.4 Å². The van der Waals surface area contributed by atoms with E-state index in [0.717, 1.165) is 11.1 Å². The molecule has 31 heavy (non-hydrogen) atoms. The highest BCUT2D eigenvalue weighted by Gasteiger charge is 2.38. The molecule has 1 aromatic heterocycles. The Kier molecular flexibility index (Phi) is 5.70. The van der Waals surface area contributed by atoms with Crippen LogP contribution in [0, 0.1) is 5.82 Å². The fourth-order valence-corrected chi connectivity index (χ4v) is 3.58. The van der Waals surface area contributed by atoms with E-state index < -0.39 is 5.97 Å². The smallest absolute Gasteiger partial charge is 0.362 e. The van der Waals surface area contributed by atoms with Gasteiger partial charge in [0.2, 0.25) is 5.69 Å². The molecule has 0 saturated heterocycles. The maximum Gasteiger partial charge on any atom is 0.362 e. The van der Waals surface area contributed by atoms with Crippen LogP contribution >= 0.6 is 0 Å². The summed E-state index contributed by atoms with van der Waals surface area (Å²) in [5.41, 5.74) is 1.86. The van der Waals surface area contributed by atoms with E-state index in [1.807, 2.05) is 37.3 Å². The standard InChI is InChI=1S/C23H22FN3O4/c1-15-12-27-20(22(28)26(15)13-16-8-10-18(24)11-9-16)21(19(25-27)23(29)30-2)31-14-17-6-4-3-5-7-17/h3-11,15H,12-14H2,1-2H3. The third-order valence-electron chi connectivity index (χ3n) is 5.21. The minimum Gasteiger partial charge on any atom is -0.484 e. The maximum absolute atomic E-state index is 13.4. The number of hydrogen-bond donors (Lipinski definition) is 0. The van der Waals surface area contributed by atoms with Crippen molar-refractivity contribution in [2.24, 2.45) is 0 Å². The lowest BCUT2D eigenvalue weighted by molar-refractivity contribution is 0.0569. The quantitative estimate of drug-likeness (QED) is 0.568. The molecule has 4 rings (SSSR count). The van der Waals surface area contributed by atoms with Crippen LogP contribution in [0.15, 0.2) is 54.6 Å². The number of carbonyl (C=O) groups is 2. The molecule has 8 heteroatoms. The van der Waals surface area contributed by atoms with Gasteiger partial charge in [0.05, 0.1) is 13.7 Å². The highest BCUT2D eigenvalue weighted by atomic mass is 19.1. The summed E-state index contributed by atoms with van der Waals surface area (Å²) in [5.74, 6) is -1.21. The van der Waals surface area contributed by atoms with Gasteiger partial charge < -0.3 is 14.4 Å².